The fraction of sp³-hybridized carbons (Fsp3) is 0.385. The molecular weight excluding hydrogens is 627 g/mol. The molecule has 1 heterocycles. The highest BCUT2D eigenvalue weighted by molar-refractivity contribution is 7.48. The third kappa shape index (κ3) is 10.7. The van der Waals surface area contributed by atoms with Crippen molar-refractivity contribution in [3.63, 3.8) is 0 Å². The monoisotopic (exact) mass is 674 g/mol. The van der Waals surface area contributed by atoms with Crippen molar-refractivity contribution >= 4 is 7.82 Å². The first-order valence-electron chi connectivity index (χ1n) is 16.6. The van der Waals surface area contributed by atoms with Gasteiger partial charge in [0.05, 0.1) is 39.1 Å². The molecule has 1 saturated heterocycles. The Morgan fingerprint density at radius 3 is 1.54 bits per heavy atom. The number of phosphoric acid groups is 1. The Hall–Kier alpha value is -3.17. The van der Waals surface area contributed by atoms with E-state index in [4.69, 9.17) is 32.5 Å². The third-order valence-electron chi connectivity index (χ3n) is 8.58. The Balaban J connectivity index is 1.34. The Bertz CT molecular complexity index is 1460. The van der Waals surface area contributed by atoms with E-state index in [1.807, 2.05) is 128 Å². The lowest BCUT2D eigenvalue weighted by Gasteiger charge is -2.46. The van der Waals surface area contributed by atoms with Crippen molar-refractivity contribution in [3.05, 3.63) is 144 Å². The van der Waals surface area contributed by atoms with Gasteiger partial charge in [-0.05, 0) is 41.0 Å². The van der Waals surface area contributed by atoms with Crippen LogP contribution >= 0.6 is 7.82 Å². The summed E-state index contributed by atoms with van der Waals surface area (Å²) in [6.07, 6.45) is -2.03. The minimum atomic E-state index is -4.06. The van der Waals surface area contributed by atoms with Gasteiger partial charge in [-0.1, -0.05) is 135 Å². The summed E-state index contributed by atoms with van der Waals surface area (Å²) in [6, 6.07) is 39.0. The summed E-state index contributed by atoms with van der Waals surface area (Å²) in [5, 5.41) is 0. The standard InChI is InChI=1S/C39H47O8P/c1-4-41-39-38(43-26-33-19-11-6-12-20-33)31(3)30(2)37(47-39)36(42-25-32-17-9-5-10-18-32)29-46-48(40,44-27-34-21-13-7-14-22-34)45-28-35-23-15-8-16-24-35/h5-24,30-31,36-39H,4,25-29H2,1-3H3/t30-,31?,36+,37?,38+,39+/m0/s1. The average Bonchev–Trinajstić information content (AvgIpc) is 3.13. The van der Waals surface area contributed by atoms with Gasteiger partial charge in [0.25, 0.3) is 0 Å². The topological polar surface area (TPSA) is 81.7 Å². The van der Waals surface area contributed by atoms with E-state index in [1.54, 1.807) is 0 Å². The zero-order chi connectivity index (χ0) is 33.6. The first-order valence-corrected chi connectivity index (χ1v) is 18.1. The second-order valence-electron chi connectivity index (χ2n) is 12.0. The van der Waals surface area contributed by atoms with Crippen molar-refractivity contribution in [1.82, 2.24) is 0 Å². The average molecular weight is 675 g/mol. The number of ether oxygens (including phenoxy) is 4. The van der Waals surface area contributed by atoms with Gasteiger partial charge in [-0.25, -0.2) is 4.57 Å². The molecule has 0 aromatic heterocycles. The molecule has 5 rings (SSSR count). The fourth-order valence-corrected chi connectivity index (χ4v) is 6.84. The predicted octanol–water partition coefficient (Wildman–Crippen LogP) is 8.75. The van der Waals surface area contributed by atoms with Crippen LogP contribution in [-0.2, 0) is 63.5 Å². The molecule has 2 unspecified atom stereocenters. The van der Waals surface area contributed by atoms with E-state index in [0.717, 1.165) is 22.3 Å². The van der Waals surface area contributed by atoms with Gasteiger partial charge < -0.3 is 18.9 Å². The van der Waals surface area contributed by atoms with Crippen LogP contribution < -0.4 is 0 Å². The summed E-state index contributed by atoms with van der Waals surface area (Å²) >= 11 is 0. The molecule has 9 heteroatoms. The van der Waals surface area contributed by atoms with Crippen LogP contribution in [0.1, 0.15) is 43.0 Å². The van der Waals surface area contributed by atoms with Gasteiger partial charge in [0.15, 0.2) is 6.29 Å². The molecule has 8 nitrogen and oxygen atoms in total. The molecule has 4 aromatic rings. The Morgan fingerprint density at radius 2 is 1.06 bits per heavy atom. The second kappa shape index (κ2) is 18.6. The lowest BCUT2D eigenvalue weighted by atomic mass is 9.81. The molecule has 0 bridgehead atoms. The molecule has 1 fully saturated rings. The second-order valence-corrected chi connectivity index (χ2v) is 13.7. The van der Waals surface area contributed by atoms with Crippen molar-refractivity contribution in [1.29, 1.82) is 0 Å². The van der Waals surface area contributed by atoms with E-state index in [9.17, 15) is 4.57 Å². The van der Waals surface area contributed by atoms with Crippen molar-refractivity contribution in [3.8, 4) is 0 Å². The molecule has 4 aromatic carbocycles. The molecule has 0 spiro atoms. The quantitative estimate of drug-likeness (QED) is 0.0970. The minimum absolute atomic E-state index is 0.0262. The number of rotatable bonds is 18. The molecule has 0 saturated carbocycles. The Labute approximate surface area is 284 Å². The predicted molar refractivity (Wildman–Crippen MR) is 185 cm³/mol. The van der Waals surface area contributed by atoms with Gasteiger partial charge in [-0.15, -0.1) is 0 Å². The van der Waals surface area contributed by atoms with E-state index in [0.29, 0.717) is 19.8 Å². The van der Waals surface area contributed by atoms with Crippen molar-refractivity contribution in [2.24, 2.45) is 11.8 Å². The van der Waals surface area contributed by atoms with Crippen LogP contribution in [0.25, 0.3) is 0 Å². The number of hydrogen-bond donors (Lipinski definition) is 0. The fourth-order valence-electron chi connectivity index (χ4n) is 5.67. The van der Waals surface area contributed by atoms with E-state index in [-0.39, 0.29) is 37.8 Å². The first-order chi connectivity index (χ1) is 23.4. The lowest BCUT2D eigenvalue weighted by molar-refractivity contribution is -0.300. The van der Waals surface area contributed by atoms with Gasteiger partial charge in [-0.2, -0.15) is 0 Å². The maximum absolute atomic E-state index is 14.2. The molecule has 0 radical (unpaired) electrons. The molecule has 1 aliphatic heterocycles. The van der Waals surface area contributed by atoms with Crippen LogP contribution in [0.3, 0.4) is 0 Å². The number of benzene rings is 4. The van der Waals surface area contributed by atoms with E-state index < -0.39 is 26.3 Å². The largest absolute Gasteiger partial charge is 0.475 e. The van der Waals surface area contributed by atoms with Crippen LogP contribution in [-0.4, -0.2) is 37.8 Å². The van der Waals surface area contributed by atoms with Gasteiger partial charge in [0, 0.05) is 6.61 Å². The molecule has 0 aliphatic carbocycles. The van der Waals surface area contributed by atoms with Gasteiger partial charge in [0.2, 0.25) is 0 Å². The third-order valence-corrected chi connectivity index (χ3v) is 9.93. The van der Waals surface area contributed by atoms with E-state index in [2.05, 4.69) is 13.8 Å². The van der Waals surface area contributed by atoms with Gasteiger partial charge in [0.1, 0.15) is 12.2 Å². The molecule has 48 heavy (non-hydrogen) atoms. The molecule has 1 aliphatic rings. The highest BCUT2D eigenvalue weighted by atomic mass is 31.2. The van der Waals surface area contributed by atoms with Crippen LogP contribution in [0.15, 0.2) is 121 Å². The van der Waals surface area contributed by atoms with Crippen LogP contribution in [0, 0.1) is 11.8 Å². The zero-order valence-electron chi connectivity index (χ0n) is 28.0. The molecule has 0 amide bonds. The zero-order valence-corrected chi connectivity index (χ0v) is 28.9. The smallest absolute Gasteiger partial charge is 0.368 e. The van der Waals surface area contributed by atoms with Crippen molar-refractivity contribution in [2.45, 2.75) is 71.8 Å². The highest BCUT2D eigenvalue weighted by Gasteiger charge is 2.46. The van der Waals surface area contributed by atoms with Gasteiger partial charge >= 0.3 is 7.82 Å². The van der Waals surface area contributed by atoms with Gasteiger partial charge in [-0.3, -0.25) is 13.6 Å². The molecule has 256 valence electrons. The summed E-state index contributed by atoms with van der Waals surface area (Å²) < 4.78 is 57.9. The SMILES string of the molecule is CCO[C@@H]1OC([C@@H](COP(=O)(OCc2ccccc2)OCc2ccccc2)OCc2ccccc2)[C@@H](C)C(C)[C@H]1OCc1ccccc1. The lowest BCUT2D eigenvalue weighted by Crippen LogP contribution is -2.56. The van der Waals surface area contributed by atoms with E-state index in [1.165, 1.54) is 0 Å². The Morgan fingerprint density at radius 1 is 0.604 bits per heavy atom. The van der Waals surface area contributed by atoms with E-state index >= 15 is 0 Å². The Kier molecular flexibility index (Phi) is 14.0. The summed E-state index contributed by atoms with van der Waals surface area (Å²) in [6.45, 7) is 7.43. The molecular formula is C39H47O8P. The molecule has 6 atom stereocenters. The van der Waals surface area contributed by atoms with Crippen molar-refractivity contribution < 1.29 is 37.1 Å². The van der Waals surface area contributed by atoms with Crippen LogP contribution in [0.4, 0.5) is 0 Å². The maximum atomic E-state index is 14.2. The summed E-state index contributed by atoms with van der Waals surface area (Å²) in [7, 11) is -4.06. The molecule has 0 N–H and O–H groups in total. The minimum Gasteiger partial charge on any atom is -0.368 e. The summed E-state index contributed by atoms with van der Waals surface area (Å²) in [5.41, 5.74) is 3.77. The number of hydrogen-bond acceptors (Lipinski definition) is 8. The maximum Gasteiger partial charge on any atom is 0.475 e. The summed E-state index contributed by atoms with van der Waals surface area (Å²) in [4.78, 5) is 0. The highest BCUT2D eigenvalue weighted by Crippen LogP contribution is 2.51. The summed E-state index contributed by atoms with van der Waals surface area (Å²) in [5.74, 6) is 0.0176. The van der Waals surface area contributed by atoms with Crippen molar-refractivity contribution in [2.75, 3.05) is 13.2 Å². The normalized spacial score (nSPS) is 21.9. The van der Waals surface area contributed by atoms with Crippen LogP contribution in [0.2, 0.25) is 0 Å². The van der Waals surface area contributed by atoms with Crippen LogP contribution in [0.5, 0.6) is 0 Å². The first kappa shape index (κ1) is 36.1. The number of phosphoric ester groups is 1.